The Bertz CT molecular complexity index is 1750. The SMILES string of the molecule is COC(=O)COc1c(Br)cc(C=Nn2c(-c3cc4c(OC)cccc4o3)nc3ccccc3c2=O)cc1Br. The van der Waals surface area contributed by atoms with Crippen LogP contribution in [-0.2, 0) is 9.53 Å². The highest BCUT2D eigenvalue weighted by Gasteiger charge is 2.18. The van der Waals surface area contributed by atoms with Crippen LogP contribution in [0.2, 0.25) is 0 Å². The van der Waals surface area contributed by atoms with Crippen molar-refractivity contribution in [3.8, 4) is 23.1 Å². The van der Waals surface area contributed by atoms with Gasteiger partial charge in [0.15, 0.2) is 12.4 Å². The van der Waals surface area contributed by atoms with Crippen molar-refractivity contribution in [2.45, 2.75) is 0 Å². The van der Waals surface area contributed by atoms with Gasteiger partial charge in [-0.05, 0) is 79.9 Å². The molecule has 0 aliphatic rings. The Morgan fingerprint density at radius 2 is 1.82 bits per heavy atom. The van der Waals surface area contributed by atoms with Gasteiger partial charge in [0.1, 0.15) is 17.1 Å². The molecule has 0 spiro atoms. The number of esters is 1. The summed E-state index contributed by atoms with van der Waals surface area (Å²) in [6.45, 7) is -0.245. The summed E-state index contributed by atoms with van der Waals surface area (Å²) in [6.07, 6.45) is 1.52. The molecule has 0 bridgehead atoms. The lowest BCUT2D eigenvalue weighted by atomic mass is 10.2. The molecule has 0 unspecified atom stereocenters. The lowest BCUT2D eigenvalue weighted by molar-refractivity contribution is -0.142. The van der Waals surface area contributed by atoms with Gasteiger partial charge in [0.25, 0.3) is 5.56 Å². The highest BCUT2D eigenvalue weighted by molar-refractivity contribution is 9.11. The molecule has 0 fully saturated rings. The van der Waals surface area contributed by atoms with Crippen LogP contribution in [0.1, 0.15) is 5.56 Å². The molecule has 38 heavy (non-hydrogen) atoms. The van der Waals surface area contributed by atoms with E-state index < -0.39 is 5.97 Å². The van der Waals surface area contributed by atoms with Crippen LogP contribution in [-0.4, -0.2) is 42.7 Å². The van der Waals surface area contributed by atoms with Crippen LogP contribution in [0.5, 0.6) is 11.5 Å². The number of aromatic nitrogens is 2. The Hall–Kier alpha value is -3.96. The molecule has 0 atom stereocenters. The molecule has 192 valence electrons. The van der Waals surface area contributed by atoms with Gasteiger partial charge in [-0.2, -0.15) is 9.78 Å². The van der Waals surface area contributed by atoms with Crippen molar-refractivity contribution in [1.29, 1.82) is 0 Å². The van der Waals surface area contributed by atoms with Gasteiger partial charge in [-0.15, -0.1) is 0 Å². The Balaban J connectivity index is 1.61. The summed E-state index contributed by atoms with van der Waals surface area (Å²) in [5, 5.41) is 5.64. The van der Waals surface area contributed by atoms with Crippen molar-refractivity contribution in [2.24, 2.45) is 5.10 Å². The third-order valence-electron chi connectivity index (χ3n) is 5.62. The lowest BCUT2D eigenvalue weighted by Gasteiger charge is -2.10. The Morgan fingerprint density at radius 3 is 2.55 bits per heavy atom. The molecule has 9 nitrogen and oxygen atoms in total. The van der Waals surface area contributed by atoms with Crippen molar-refractivity contribution in [2.75, 3.05) is 20.8 Å². The van der Waals surface area contributed by atoms with Gasteiger partial charge < -0.3 is 18.6 Å². The van der Waals surface area contributed by atoms with Crippen LogP contribution >= 0.6 is 31.9 Å². The molecular formula is C27H19Br2N3O6. The maximum Gasteiger partial charge on any atom is 0.343 e. The zero-order chi connectivity index (χ0) is 26.8. The van der Waals surface area contributed by atoms with Crippen molar-refractivity contribution < 1.29 is 23.4 Å². The van der Waals surface area contributed by atoms with E-state index >= 15 is 0 Å². The van der Waals surface area contributed by atoms with E-state index in [1.807, 2.05) is 24.3 Å². The maximum atomic E-state index is 13.5. The van der Waals surface area contributed by atoms with E-state index in [1.165, 1.54) is 18.0 Å². The number of nitrogens with zero attached hydrogens (tertiary/aromatic N) is 3. The zero-order valence-electron chi connectivity index (χ0n) is 20.1. The summed E-state index contributed by atoms with van der Waals surface area (Å²) in [4.78, 5) is 29.7. The summed E-state index contributed by atoms with van der Waals surface area (Å²) in [6, 6.07) is 17.8. The summed E-state index contributed by atoms with van der Waals surface area (Å²) >= 11 is 6.90. The number of halogens is 2. The maximum absolute atomic E-state index is 13.5. The number of carbonyl (C=O) groups excluding carboxylic acids is 1. The molecular weight excluding hydrogens is 622 g/mol. The number of carbonyl (C=O) groups is 1. The van der Waals surface area contributed by atoms with E-state index in [9.17, 15) is 9.59 Å². The minimum absolute atomic E-state index is 0.236. The molecule has 3 aromatic carbocycles. The number of hydrogen-bond donors (Lipinski definition) is 0. The van der Waals surface area contributed by atoms with Crippen molar-refractivity contribution >= 4 is 65.9 Å². The predicted molar refractivity (Wildman–Crippen MR) is 150 cm³/mol. The Morgan fingerprint density at radius 1 is 1.05 bits per heavy atom. The van der Waals surface area contributed by atoms with E-state index in [0.717, 1.165) is 5.39 Å². The van der Waals surface area contributed by atoms with E-state index in [-0.39, 0.29) is 18.0 Å². The molecule has 5 rings (SSSR count). The fraction of sp³-hybridized carbons (Fsp3) is 0.111. The smallest absolute Gasteiger partial charge is 0.343 e. The Kier molecular flexibility index (Phi) is 7.30. The lowest BCUT2D eigenvalue weighted by Crippen LogP contribution is -2.20. The van der Waals surface area contributed by atoms with Gasteiger partial charge >= 0.3 is 5.97 Å². The van der Waals surface area contributed by atoms with Gasteiger partial charge in [-0.1, -0.05) is 18.2 Å². The van der Waals surface area contributed by atoms with Crippen LogP contribution in [0.15, 0.2) is 83.9 Å². The Labute approximate surface area is 232 Å². The minimum atomic E-state index is -0.506. The highest BCUT2D eigenvalue weighted by Crippen LogP contribution is 2.35. The van der Waals surface area contributed by atoms with Gasteiger partial charge in [0.2, 0.25) is 5.82 Å². The molecule has 0 saturated heterocycles. The first-order valence-corrected chi connectivity index (χ1v) is 12.8. The first kappa shape index (κ1) is 25.7. The van der Waals surface area contributed by atoms with Gasteiger partial charge in [-0.3, -0.25) is 4.79 Å². The summed E-state index contributed by atoms with van der Waals surface area (Å²) < 4.78 is 24.0. The predicted octanol–water partition coefficient (Wildman–Crippen LogP) is 5.78. The molecule has 2 aromatic heterocycles. The van der Waals surface area contributed by atoms with E-state index in [2.05, 4.69) is 41.7 Å². The number of ether oxygens (including phenoxy) is 3. The quantitative estimate of drug-likeness (QED) is 0.164. The summed E-state index contributed by atoms with van der Waals surface area (Å²) in [5.74, 6) is 1.15. The zero-order valence-corrected chi connectivity index (χ0v) is 23.3. The number of fused-ring (bicyclic) bond motifs is 2. The van der Waals surface area contributed by atoms with Gasteiger partial charge in [0, 0.05) is 0 Å². The summed E-state index contributed by atoms with van der Waals surface area (Å²) in [7, 11) is 2.87. The fourth-order valence-electron chi connectivity index (χ4n) is 3.82. The minimum Gasteiger partial charge on any atom is -0.496 e. The van der Waals surface area contributed by atoms with Crippen LogP contribution in [0, 0.1) is 0 Å². The second-order valence-corrected chi connectivity index (χ2v) is 9.68. The van der Waals surface area contributed by atoms with Crippen LogP contribution in [0.25, 0.3) is 33.5 Å². The number of methoxy groups -OCH3 is 2. The molecule has 11 heteroatoms. The van der Waals surface area contributed by atoms with Crippen molar-refractivity contribution in [1.82, 2.24) is 9.66 Å². The first-order valence-electron chi connectivity index (χ1n) is 11.2. The third kappa shape index (κ3) is 4.94. The third-order valence-corrected chi connectivity index (χ3v) is 6.80. The van der Waals surface area contributed by atoms with Crippen molar-refractivity contribution in [3.63, 3.8) is 0 Å². The highest BCUT2D eigenvalue weighted by atomic mass is 79.9. The normalized spacial score (nSPS) is 11.4. The molecule has 0 aliphatic carbocycles. The average Bonchev–Trinajstić information content (AvgIpc) is 3.36. The van der Waals surface area contributed by atoms with Gasteiger partial charge in [0.05, 0.1) is 45.7 Å². The number of furan rings is 1. The second kappa shape index (κ2) is 10.8. The largest absolute Gasteiger partial charge is 0.496 e. The second-order valence-electron chi connectivity index (χ2n) is 7.98. The average molecular weight is 641 g/mol. The number of para-hydroxylation sites is 1. The molecule has 0 aliphatic heterocycles. The number of rotatable bonds is 7. The number of hydrogen-bond acceptors (Lipinski definition) is 8. The molecule has 5 aromatic rings. The first-order chi connectivity index (χ1) is 18.4. The molecule has 0 amide bonds. The summed E-state index contributed by atoms with van der Waals surface area (Å²) in [5.41, 5.74) is 1.40. The standard InChI is InChI=1S/C27H19Br2N3O6/c1-35-21-8-5-9-22-17(21)12-23(38-22)26-31-20-7-4-3-6-16(20)27(34)32(26)30-13-15-10-18(28)25(19(29)11-15)37-14-24(33)36-2/h3-13H,14H2,1-2H3. The van der Waals surface area contributed by atoms with Crippen LogP contribution < -0.4 is 15.0 Å². The van der Waals surface area contributed by atoms with E-state index in [0.29, 0.717) is 48.3 Å². The van der Waals surface area contributed by atoms with Crippen molar-refractivity contribution in [3.05, 3.63) is 85.5 Å². The van der Waals surface area contributed by atoms with E-state index in [1.54, 1.807) is 43.5 Å². The van der Waals surface area contributed by atoms with Gasteiger partial charge in [-0.25, -0.2) is 9.78 Å². The topological polar surface area (TPSA) is 105 Å². The molecule has 0 N–H and O–H groups in total. The molecule has 2 heterocycles. The van der Waals surface area contributed by atoms with Crippen LogP contribution in [0.4, 0.5) is 0 Å². The van der Waals surface area contributed by atoms with Crippen LogP contribution in [0.3, 0.4) is 0 Å². The fourth-order valence-corrected chi connectivity index (χ4v) is 5.27. The van der Waals surface area contributed by atoms with E-state index in [4.69, 9.17) is 18.9 Å². The number of benzene rings is 3. The molecule has 0 saturated carbocycles. The monoisotopic (exact) mass is 639 g/mol. The molecule has 0 radical (unpaired) electrons.